The average molecular weight is 266 g/mol. The Hall–Kier alpha value is -1.09. The third-order valence-corrected chi connectivity index (χ3v) is 3.27. The van der Waals surface area contributed by atoms with Gasteiger partial charge in [-0.2, -0.15) is 0 Å². The van der Waals surface area contributed by atoms with E-state index in [1.54, 1.807) is 4.57 Å². The molecule has 0 aliphatic rings. The van der Waals surface area contributed by atoms with Crippen LogP contribution in [0.3, 0.4) is 0 Å². The van der Waals surface area contributed by atoms with Gasteiger partial charge in [-0.1, -0.05) is 15.9 Å². The summed E-state index contributed by atoms with van der Waals surface area (Å²) >= 11 is 3.53. The first-order valence-electron chi connectivity index (χ1n) is 4.77. The summed E-state index contributed by atoms with van der Waals surface area (Å²) in [7, 11) is 1.81. The molecule has 2 nitrogen and oxygen atoms in total. The molecule has 1 aromatic heterocycles. The summed E-state index contributed by atoms with van der Waals surface area (Å²) in [6.07, 6.45) is 0. The molecule has 2 aromatic rings. The van der Waals surface area contributed by atoms with Crippen molar-refractivity contribution in [1.29, 1.82) is 0 Å². The number of pyridine rings is 1. The number of aryl methyl sites for hydroxylation is 3. The minimum Gasteiger partial charge on any atom is -0.311 e. The molecule has 0 unspecified atom stereocenters. The Labute approximate surface area is 96.7 Å². The number of aromatic nitrogens is 1. The molecule has 0 fully saturated rings. The molecule has 0 N–H and O–H groups in total. The molecule has 0 bridgehead atoms. The molecule has 3 heteroatoms. The van der Waals surface area contributed by atoms with Crippen LogP contribution < -0.4 is 5.56 Å². The van der Waals surface area contributed by atoms with Crippen molar-refractivity contribution in [2.24, 2.45) is 7.05 Å². The molecule has 1 aromatic carbocycles. The lowest BCUT2D eigenvalue weighted by molar-refractivity contribution is 0.892. The van der Waals surface area contributed by atoms with Gasteiger partial charge in [-0.05, 0) is 37.6 Å². The summed E-state index contributed by atoms with van der Waals surface area (Å²) in [5.41, 5.74) is 2.96. The second kappa shape index (κ2) is 3.49. The lowest BCUT2D eigenvalue weighted by Gasteiger charge is -2.09. The molecular formula is C12H12BrNO. The van der Waals surface area contributed by atoms with Gasteiger partial charge in [0.25, 0.3) is 5.56 Å². The molecule has 78 valence electrons. The van der Waals surface area contributed by atoms with Crippen molar-refractivity contribution in [1.82, 2.24) is 4.57 Å². The highest BCUT2D eigenvalue weighted by Crippen LogP contribution is 2.24. The lowest BCUT2D eigenvalue weighted by Crippen LogP contribution is -2.19. The van der Waals surface area contributed by atoms with Crippen LogP contribution in [0.25, 0.3) is 10.9 Å². The van der Waals surface area contributed by atoms with Crippen molar-refractivity contribution >= 4 is 26.8 Å². The Kier molecular flexibility index (Phi) is 2.43. The van der Waals surface area contributed by atoms with E-state index in [1.165, 1.54) is 0 Å². The smallest absolute Gasteiger partial charge is 0.253 e. The average Bonchev–Trinajstić information content (AvgIpc) is 2.17. The SMILES string of the molecule is Cc1cc(Br)c2cc(C)c(=O)n(C)c2c1. The summed E-state index contributed by atoms with van der Waals surface area (Å²) in [6.45, 7) is 3.86. The number of benzene rings is 1. The van der Waals surface area contributed by atoms with E-state index in [2.05, 4.69) is 22.0 Å². The first-order chi connectivity index (χ1) is 7.00. The summed E-state index contributed by atoms with van der Waals surface area (Å²) < 4.78 is 2.74. The molecule has 0 aliphatic carbocycles. The van der Waals surface area contributed by atoms with Crippen LogP contribution in [-0.4, -0.2) is 4.57 Å². The van der Waals surface area contributed by atoms with Crippen LogP contribution in [0.4, 0.5) is 0 Å². The van der Waals surface area contributed by atoms with Gasteiger partial charge in [-0.15, -0.1) is 0 Å². The maximum Gasteiger partial charge on any atom is 0.253 e. The Morgan fingerprint density at radius 1 is 1.20 bits per heavy atom. The van der Waals surface area contributed by atoms with Crippen molar-refractivity contribution in [3.05, 3.63) is 44.2 Å². The van der Waals surface area contributed by atoms with E-state index in [-0.39, 0.29) is 5.56 Å². The summed E-state index contributed by atoms with van der Waals surface area (Å²) in [4.78, 5) is 11.8. The van der Waals surface area contributed by atoms with E-state index in [0.29, 0.717) is 0 Å². The van der Waals surface area contributed by atoms with Crippen LogP contribution in [0.15, 0.2) is 27.5 Å². The Morgan fingerprint density at radius 3 is 2.53 bits per heavy atom. The predicted octanol–water partition coefficient (Wildman–Crippen LogP) is 2.92. The second-order valence-corrected chi connectivity index (χ2v) is 4.73. The molecule has 0 saturated heterocycles. The molecule has 0 spiro atoms. The predicted molar refractivity (Wildman–Crippen MR) is 66.4 cm³/mol. The highest BCUT2D eigenvalue weighted by Gasteiger charge is 2.06. The molecule has 15 heavy (non-hydrogen) atoms. The first kappa shape index (κ1) is 10.4. The first-order valence-corrected chi connectivity index (χ1v) is 5.56. The highest BCUT2D eigenvalue weighted by molar-refractivity contribution is 9.10. The van der Waals surface area contributed by atoms with Crippen molar-refractivity contribution in [2.75, 3.05) is 0 Å². The quantitative estimate of drug-likeness (QED) is 0.718. The van der Waals surface area contributed by atoms with Crippen LogP contribution in [0.5, 0.6) is 0 Å². The zero-order chi connectivity index (χ0) is 11.2. The monoisotopic (exact) mass is 265 g/mol. The zero-order valence-corrected chi connectivity index (χ0v) is 10.6. The van der Waals surface area contributed by atoms with Gasteiger partial charge in [0.15, 0.2) is 0 Å². The third-order valence-electron chi connectivity index (χ3n) is 2.62. The summed E-state index contributed by atoms with van der Waals surface area (Å²) in [5.74, 6) is 0. The van der Waals surface area contributed by atoms with Crippen molar-refractivity contribution in [3.8, 4) is 0 Å². The Bertz CT molecular complexity index is 599. The van der Waals surface area contributed by atoms with Gasteiger partial charge < -0.3 is 4.57 Å². The van der Waals surface area contributed by atoms with Crippen molar-refractivity contribution in [2.45, 2.75) is 13.8 Å². The fraction of sp³-hybridized carbons (Fsp3) is 0.250. The Morgan fingerprint density at radius 2 is 1.87 bits per heavy atom. The van der Waals surface area contributed by atoms with Crippen LogP contribution in [0, 0.1) is 13.8 Å². The van der Waals surface area contributed by atoms with Crippen molar-refractivity contribution in [3.63, 3.8) is 0 Å². The molecule has 0 atom stereocenters. The summed E-state index contributed by atoms with van der Waals surface area (Å²) in [6, 6.07) is 6.02. The van der Waals surface area contributed by atoms with Gasteiger partial charge >= 0.3 is 0 Å². The van der Waals surface area contributed by atoms with E-state index < -0.39 is 0 Å². The highest BCUT2D eigenvalue weighted by atomic mass is 79.9. The molecule has 0 aliphatic heterocycles. The number of hydrogen-bond donors (Lipinski definition) is 0. The molecule has 2 rings (SSSR count). The maximum atomic E-state index is 11.8. The molecule has 0 radical (unpaired) electrons. The lowest BCUT2D eigenvalue weighted by atomic mass is 10.1. The van der Waals surface area contributed by atoms with Crippen LogP contribution in [0.1, 0.15) is 11.1 Å². The van der Waals surface area contributed by atoms with Gasteiger partial charge in [0.2, 0.25) is 0 Å². The topological polar surface area (TPSA) is 22.0 Å². The van der Waals surface area contributed by atoms with E-state index in [1.807, 2.05) is 33.0 Å². The maximum absolute atomic E-state index is 11.8. The van der Waals surface area contributed by atoms with Crippen molar-refractivity contribution < 1.29 is 0 Å². The van der Waals surface area contributed by atoms with E-state index in [4.69, 9.17) is 0 Å². The van der Waals surface area contributed by atoms with Gasteiger partial charge in [0, 0.05) is 22.5 Å². The number of hydrogen-bond acceptors (Lipinski definition) is 1. The molecule has 1 heterocycles. The Balaban J connectivity index is 3.05. The largest absolute Gasteiger partial charge is 0.311 e. The van der Waals surface area contributed by atoms with E-state index in [0.717, 1.165) is 26.5 Å². The normalized spacial score (nSPS) is 10.9. The number of rotatable bonds is 0. The number of nitrogens with zero attached hydrogens (tertiary/aromatic N) is 1. The number of halogens is 1. The summed E-state index contributed by atoms with van der Waals surface area (Å²) in [5, 5.41) is 1.08. The van der Waals surface area contributed by atoms with Crippen LogP contribution in [0.2, 0.25) is 0 Å². The second-order valence-electron chi connectivity index (χ2n) is 3.87. The fourth-order valence-electron chi connectivity index (χ4n) is 1.81. The van der Waals surface area contributed by atoms with Gasteiger partial charge in [0.1, 0.15) is 0 Å². The zero-order valence-electron chi connectivity index (χ0n) is 8.97. The van der Waals surface area contributed by atoms with E-state index >= 15 is 0 Å². The van der Waals surface area contributed by atoms with Gasteiger partial charge in [0.05, 0.1) is 5.52 Å². The van der Waals surface area contributed by atoms with Crippen LogP contribution >= 0.6 is 15.9 Å². The number of fused-ring (bicyclic) bond motifs is 1. The fourth-order valence-corrected chi connectivity index (χ4v) is 2.49. The van der Waals surface area contributed by atoms with Gasteiger partial charge in [-0.3, -0.25) is 4.79 Å². The minimum atomic E-state index is 0.0694. The third kappa shape index (κ3) is 1.61. The molecule has 0 amide bonds. The van der Waals surface area contributed by atoms with Gasteiger partial charge in [-0.25, -0.2) is 0 Å². The molecular weight excluding hydrogens is 254 g/mol. The molecule has 0 saturated carbocycles. The van der Waals surface area contributed by atoms with Crippen LogP contribution in [-0.2, 0) is 7.05 Å². The van der Waals surface area contributed by atoms with E-state index in [9.17, 15) is 4.79 Å². The standard InChI is InChI=1S/C12H12BrNO/c1-7-4-10(13)9-6-8(2)12(15)14(3)11(9)5-7/h4-6H,1-3H3. The minimum absolute atomic E-state index is 0.0694.